The van der Waals surface area contributed by atoms with Crippen LogP contribution in [0.2, 0.25) is 0 Å². The molecule has 0 saturated carbocycles. The first kappa shape index (κ1) is 15.3. The Hall–Kier alpha value is -1.75. The number of rotatable bonds is 8. The molecule has 1 aromatic rings. The highest BCUT2D eigenvalue weighted by molar-refractivity contribution is 5.73. The Kier molecular flexibility index (Phi) is 6.15. The summed E-state index contributed by atoms with van der Waals surface area (Å²) in [6.45, 7) is 2.36. The highest BCUT2D eigenvalue weighted by Crippen LogP contribution is 2.25. The fourth-order valence-corrected chi connectivity index (χ4v) is 1.72. The molecule has 0 fully saturated rings. The molecular weight excluding hydrogens is 248 g/mol. The van der Waals surface area contributed by atoms with Gasteiger partial charge in [-0.15, -0.1) is 0 Å². The van der Waals surface area contributed by atoms with Crippen molar-refractivity contribution in [3.63, 3.8) is 0 Å². The SMILES string of the molecule is CCCO[C@@H](Cc1cc(OC)ccc1OC)C(=O)O. The van der Waals surface area contributed by atoms with Gasteiger partial charge in [0.05, 0.1) is 14.2 Å². The maximum absolute atomic E-state index is 11.2. The first-order chi connectivity index (χ1) is 9.12. The third kappa shape index (κ3) is 4.44. The Morgan fingerprint density at radius 1 is 1.32 bits per heavy atom. The number of carboxylic acid groups (broad SMARTS) is 1. The summed E-state index contributed by atoms with van der Waals surface area (Å²) in [5.74, 6) is 0.320. The van der Waals surface area contributed by atoms with E-state index in [-0.39, 0.29) is 6.42 Å². The third-order valence-electron chi connectivity index (χ3n) is 2.69. The summed E-state index contributed by atoms with van der Waals surface area (Å²) in [5, 5.41) is 9.15. The highest BCUT2D eigenvalue weighted by atomic mass is 16.5. The molecule has 0 aliphatic rings. The quantitative estimate of drug-likeness (QED) is 0.782. The molecule has 0 aromatic heterocycles. The summed E-state index contributed by atoms with van der Waals surface area (Å²) in [6.07, 6.45) is 0.148. The minimum Gasteiger partial charge on any atom is -0.497 e. The maximum Gasteiger partial charge on any atom is 0.333 e. The van der Waals surface area contributed by atoms with Crippen LogP contribution in [-0.4, -0.2) is 38.0 Å². The number of hydrogen-bond donors (Lipinski definition) is 1. The molecule has 0 saturated heterocycles. The minimum atomic E-state index is -0.974. The van der Waals surface area contributed by atoms with Crippen LogP contribution in [0.5, 0.6) is 11.5 Å². The van der Waals surface area contributed by atoms with E-state index in [1.54, 1.807) is 32.4 Å². The summed E-state index contributed by atoms with van der Waals surface area (Å²) >= 11 is 0. The topological polar surface area (TPSA) is 65.0 Å². The van der Waals surface area contributed by atoms with Crippen molar-refractivity contribution in [2.24, 2.45) is 0 Å². The zero-order valence-electron chi connectivity index (χ0n) is 11.5. The third-order valence-corrected chi connectivity index (χ3v) is 2.69. The summed E-state index contributed by atoms with van der Waals surface area (Å²) in [4.78, 5) is 11.2. The molecule has 5 nitrogen and oxygen atoms in total. The lowest BCUT2D eigenvalue weighted by molar-refractivity contribution is -0.150. The standard InChI is InChI=1S/C14H20O5/c1-4-7-19-13(14(15)16)9-10-8-11(17-2)5-6-12(10)18-3/h5-6,8,13H,4,7,9H2,1-3H3,(H,15,16)/t13-/m0/s1. The van der Waals surface area contributed by atoms with E-state index in [4.69, 9.17) is 19.3 Å². The lowest BCUT2D eigenvalue weighted by atomic mass is 10.1. The van der Waals surface area contributed by atoms with Crippen LogP contribution in [0, 0.1) is 0 Å². The van der Waals surface area contributed by atoms with Crippen molar-refractivity contribution >= 4 is 5.97 Å². The van der Waals surface area contributed by atoms with E-state index in [0.29, 0.717) is 18.1 Å². The smallest absolute Gasteiger partial charge is 0.333 e. The van der Waals surface area contributed by atoms with Crippen molar-refractivity contribution in [3.05, 3.63) is 23.8 Å². The first-order valence-electron chi connectivity index (χ1n) is 6.17. The van der Waals surface area contributed by atoms with E-state index in [2.05, 4.69) is 0 Å². The molecule has 19 heavy (non-hydrogen) atoms. The first-order valence-corrected chi connectivity index (χ1v) is 6.17. The van der Waals surface area contributed by atoms with Crippen LogP contribution in [0.3, 0.4) is 0 Å². The normalized spacial score (nSPS) is 11.9. The van der Waals surface area contributed by atoms with Gasteiger partial charge >= 0.3 is 5.97 Å². The van der Waals surface area contributed by atoms with Gasteiger partial charge in [0.2, 0.25) is 0 Å². The molecule has 5 heteroatoms. The summed E-state index contributed by atoms with van der Waals surface area (Å²) < 4.78 is 15.7. The number of carbonyl (C=O) groups is 1. The Morgan fingerprint density at radius 3 is 2.58 bits per heavy atom. The molecule has 0 aliphatic carbocycles. The van der Waals surface area contributed by atoms with Gasteiger partial charge in [0.15, 0.2) is 6.10 Å². The van der Waals surface area contributed by atoms with Gasteiger partial charge in [-0.3, -0.25) is 0 Å². The number of methoxy groups -OCH3 is 2. The molecule has 0 bridgehead atoms. The van der Waals surface area contributed by atoms with Gasteiger partial charge in [0.25, 0.3) is 0 Å². The largest absolute Gasteiger partial charge is 0.497 e. The van der Waals surface area contributed by atoms with E-state index >= 15 is 0 Å². The fraction of sp³-hybridized carbons (Fsp3) is 0.500. The second-order valence-electron chi connectivity index (χ2n) is 4.08. The Bertz CT molecular complexity index is 416. The molecule has 106 valence electrons. The Morgan fingerprint density at radius 2 is 2.05 bits per heavy atom. The van der Waals surface area contributed by atoms with Gasteiger partial charge in [0.1, 0.15) is 11.5 Å². The average Bonchev–Trinajstić information content (AvgIpc) is 2.42. The number of carboxylic acids is 1. The molecule has 0 aliphatic heterocycles. The second-order valence-corrected chi connectivity index (χ2v) is 4.08. The predicted molar refractivity (Wildman–Crippen MR) is 70.9 cm³/mol. The van der Waals surface area contributed by atoms with E-state index in [0.717, 1.165) is 12.0 Å². The van der Waals surface area contributed by atoms with Crippen molar-refractivity contribution in [3.8, 4) is 11.5 Å². The number of aliphatic carboxylic acids is 1. The van der Waals surface area contributed by atoms with Crippen LogP contribution in [0.4, 0.5) is 0 Å². The minimum absolute atomic E-state index is 0.246. The van der Waals surface area contributed by atoms with Crippen molar-refractivity contribution in [2.75, 3.05) is 20.8 Å². The van der Waals surface area contributed by atoms with Crippen molar-refractivity contribution < 1.29 is 24.1 Å². The predicted octanol–water partition coefficient (Wildman–Crippen LogP) is 2.13. The lowest BCUT2D eigenvalue weighted by Gasteiger charge is -2.16. The zero-order chi connectivity index (χ0) is 14.3. The monoisotopic (exact) mass is 268 g/mol. The van der Waals surface area contributed by atoms with Crippen LogP contribution in [0.1, 0.15) is 18.9 Å². The van der Waals surface area contributed by atoms with E-state index in [1.165, 1.54) is 0 Å². The number of benzene rings is 1. The van der Waals surface area contributed by atoms with Gasteiger partial charge in [0, 0.05) is 18.6 Å². The molecule has 1 aromatic carbocycles. The Labute approximate surface area is 113 Å². The summed E-state index contributed by atoms with van der Waals surface area (Å²) in [7, 11) is 3.11. The van der Waals surface area contributed by atoms with Crippen LogP contribution < -0.4 is 9.47 Å². The molecule has 1 rings (SSSR count). The Balaban J connectivity index is 2.90. The maximum atomic E-state index is 11.2. The van der Waals surface area contributed by atoms with Crippen molar-refractivity contribution in [2.45, 2.75) is 25.9 Å². The summed E-state index contributed by atoms with van der Waals surface area (Å²) in [6, 6.07) is 5.29. The fourth-order valence-electron chi connectivity index (χ4n) is 1.72. The molecule has 1 N–H and O–H groups in total. The number of hydrogen-bond acceptors (Lipinski definition) is 4. The molecule has 0 unspecified atom stereocenters. The van der Waals surface area contributed by atoms with Crippen LogP contribution >= 0.6 is 0 Å². The highest BCUT2D eigenvalue weighted by Gasteiger charge is 2.20. The van der Waals surface area contributed by atoms with Gasteiger partial charge in [-0.1, -0.05) is 6.92 Å². The molecule has 1 atom stereocenters. The van der Waals surface area contributed by atoms with Crippen LogP contribution in [-0.2, 0) is 16.0 Å². The van der Waals surface area contributed by atoms with Crippen molar-refractivity contribution in [1.82, 2.24) is 0 Å². The molecule has 0 heterocycles. The molecule has 0 spiro atoms. The molecule has 0 radical (unpaired) electrons. The van der Waals surface area contributed by atoms with Gasteiger partial charge in [-0.25, -0.2) is 4.79 Å². The average molecular weight is 268 g/mol. The lowest BCUT2D eigenvalue weighted by Crippen LogP contribution is -2.27. The summed E-state index contributed by atoms with van der Waals surface area (Å²) in [5.41, 5.74) is 0.755. The van der Waals surface area contributed by atoms with E-state index in [9.17, 15) is 4.79 Å². The van der Waals surface area contributed by atoms with E-state index < -0.39 is 12.1 Å². The van der Waals surface area contributed by atoms with E-state index in [1.807, 2.05) is 6.92 Å². The zero-order valence-corrected chi connectivity index (χ0v) is 11.5. The van der Waals surface area contributed by atoms with Crippen LogP contribution in [0.15, 0.2) is 18.2 Å². The van der Waals surface area contributed by atoms with Gasteiger partial charge < -0.3 is 19.3 Å². The van der Waals surface area contributed by atoms with Crippen LogP contribution in [0.25, 0.3) is 0 Å². The molecular formula is C14H20O5. The van der Waals surface area contributed by atoms with Crippen molar-refractivity contribution in [1.29, 1.82) is 0 Å². The number of ether oxygens (including phenoxy) is 3. The van der Waals surface area contributed by atoms with Gasteiger partial charge in [-0.2, -0.15) is 0 Å². The van der Waals surface area contributed by atoms with Gasteiger partial charge in [-0.05, 0) is 24.6 Å². The second kappa shape index (κ2) is 7.63. The molecule has 0 amide bonds.